The van der Waals surface area contributed by atoms with Gasteiger partial charge in [0.15, 0.2) is 5.78 Å². The molecule has 0 saturated carbocycles. The van der Waals surface area contributed by atoms with Crippen LogP contribution in [0.3, 0.4) is 0 Å². The third-order valence-corrected chi connectivity index (χ3v) is 3.32. The molecule has 0 fully saturated rings. The van der Waals surface area contributed by atoms with E-state index in [4.69, 9.17) is 5.21 Å². The highest BCUT2D eigenvalue weighted by Crippen LogP contribution is 2.30. The molecule has 0 aromatic heterocycles. The van der Waals surface area contributed by atoms with E-state index in [2.05, 4.69) is 28.7 Å². The molecule has 2 N–H and O–H groups in total. The molecule has 1 aromatic rings. The van der Waals surface area contributed by atoms with Crippen LogP contribution in [0.15, 0.2) is 35.0 Å². The van der Waals surface area contributed by atoms with Crippen molar-refractivity contribution in [1.29, 1.82) is 0 Å². The Kier molecular flexibility index (Phi) is 3.81. The van der Waals surface area contributed by atoms with E-state index in [0.717, 1.165) is 16.7 Å². The fourth-order valence-corrected chi connectivity index (χ4v) is 2.25. The molecule has 1 aliphatic heterocycles. The van der Waals surface area contributed by atoms with Crippen molar-refractivity contribution in [2.45, 2.75) is 33.2 Å². The van der Waals surface area contributed by atoms with Crippen LogP contribution in [0.4, 0.5) is 0 Å². The zero-order valence-corrected chi connectivity index (χ0v) is 11.4. The molecular formula is C15H18N2O2. The molecule has 100 valence electrons. The van der Waals surface area contributed by atoms with Crippen molar-refractivity contribution in [3.63, 3.8) is 0 Å². The Bertz CT molecular complexity index is 574. The summed E-state index contributed by atoms with van der Waals surface area (Å²) in [6, 6.07) is 6.07. The maximum atomic E-state index is 11.5. The largest absolute Gasteiger partial charge is 0.293 e. The van der Waals surface area contributed by atoms with Crippen molar-refractivity contribution in [2.24, 2.45) is 4.99 Å². The van der Waals surface area contributed by atoms with Crippen molar-refractivity contribution in [1.82, 2.24) is 5.48 Å². The normalized spacial score (nSPS) is 18.6. The average molecular weight is 258 g/mol. The van der Waals surface area contributed by atoms with Gasteiger partial charge in [-0.25, -0.2) is 0 Å². The van der Waals surface area contributed by atoms with Crippen LogP contribution in [0, 0.1) is 13.8 Å². The fraction of sp³-hybridized carbons (Fsp3) is 0.333. The number of aliphatic imine (C=N–C) groups is 1. The molecular weight excluding hydrogens is 240 g/mol. The molecule has 4 heteroatoms. The van der Waals surface area contributed by atoms with Crippen molar-refractivity contribution < 1.29 is 10.0 Å². The van der Waals surface area contributed by atoms with Crippen LogP contribution >= 0.6 is 0 Å². The highest BCUT2D eigenvalue weighted by Gasteiger charge is 2.21. The van der Waals surface area contributed by atoms with Crippen LogP contribution in [0.1, 0.15) is 36.1 Å². The summed E-state index contributed by atoms with van der Waals surface area (Å²) in [6.07, 6.45) is 2.17. The predicted octanol–water partition coefficient (Wildman–Crippen LogP) is 2.64. The second kappa shape index (κ2) is 5.36. The first kappa shape index (κ1) is 13.5. The summed E-state index contributed by atoms with van der Waals surface area (Å²) in [5, 5.41) is 9.09. The predicted molar refractivity (Wildman–Crippen MR) is 74.4 cm³/mol. The van der Waals surface area contributed by atoms with Gasteiger partial charge in [0.1, 0.15) is 5.71 Å². The van der Waals surface area contributed by atoms with Crippen molar-refractivity contribution in [2.75, 3.05) is 0 Å². The number of nitrogens with one attached hydrogen (secondary N) is 1. The van der Waals surface area contributed by atoms with E-state index in [1.807, 2.05) is 13.8 Å². The zero-order valence-electron chi connectivity index (χ0n) is 11.4. The lowest BCUT2D eigenvalue weighted by Crippen LogP contribution is -2.21. The molecule has 0 saturated heterocycles. The third-order valence-electron chi connectivity index (χ3n) is 3.32. The van der Waals surface area contributed by atoms with E-state index in [1.54, 1.807) is 6.08 Å². The standard InChI is InChI=1S/C15H18N2O2/c1-9-4-5-10(2)13(6-9)15-8-12(17-19)7-14(16-15)11(3)18/h4-7,15,17,19H,8H2,1-3H3. The fourth-order valence-electron chi connectivity index (χ4n) is 2.25. The summed E-state index contributed by atoms with van der Waals surface area (Å²) in [5.74, 6) is -0.0947. The molecule has 1 aliphatic rings. The van der Waals surface area contributed by atoms with Crippen LogP contribution in [-0.2, 0) is 4.79 Å². The summed E-state index contributed by atoms with van der Waals surface area (Å²) in [4.78, 5) is 16.0. The first-order chi connectivity index (χ1) is 9.01. The molecule has 1 unspecified atom stereocenters. The number of carbonyl (C=O) groups excluding carboxylic acids is 1. The maximum absolute atomic E-state index is 11.5. The molecule has 0 spiro atoms. The van der Waals surface area contributed by atoms with Gasteiger partial charge in [-0.05, 0) is 31.1 Å². The number of allylic oxidation sites excluding steroid dienone is 1. The number of rotatable bonds is 3. The highest BCUT2D eigenvalue weighted by molar-refractivity contribution is 6.43. The Hall–Kier alpha value is -1.94. The Balaban J connectivity index is 2.43. The number of Topliss-reactive ketones (excluding diaryl/α,β-unsaturated/α-hetero) is 1. The number of aryl methyl sites for hydroxylation is 2. The Morgan fingerprint density at radius 2 is 2.16 bits per heavy atom. The van der Waals surface area contributed by atoms with Gasteiger partial charge >= 0.3 is 0 Å². The van der Waals surface area contributed by atoms with Gasteiger partial charge in [-0.1, -0.05) is 23.8 Å². The molecule has 1 heterocycles. The number of hydrogen-bond acceptors (Lipinski definition) is 4. The number of nitrogens with zero attached hydrogens (tertiary/aromatic N) is 1. The van der Waals surface area contributed by atoms with Gasteiger partial charge in [0, 0.05) is 19.0 Å². The van der Waals surface area contributed by atoms with E-state index >= 15 is 0 Å². The van der Waals surface area contributed by atoms with Crippen LogP contribution in [-0.4, -0.2) is 16.7 Å². The second-order valence-electron chi connectivity index (χ2n) is 4.93. The van der Waals surface area contributed by atoms with Gasteiger partial charge in [0.2, 0.25) is 0 Å². The van der Waals surface area contributed by atoms with E-state index in [9.17, 15) is 4.79 Å². The molecule has 0 aliphatic carbocycles. The summed E-state index contributed by atoms with van der Waals surface area (Å²) in [5.41, 5.74) is 6.56. The van der Waals surface area contributed by atoms with Crippen LogP contribution in [0.25, 0.3) is 0 Å². The smallest absolute Gasteiger partial charge is 0.177 e. The monoisotopic (exact) mass is 258 g/mol. The van der Waals surface area contributed by atoms with Gasteiger partial charge in [-0.15, -0.1) is 0 Å². The first-order valence-corrected chi connectivity index (χ1v) is 6.28. The SMILES string of the molecule is CC(=O)C1=NC(c2cc(C)ccc2C)CC(NO)=C1. The number of dihydropyridines is 1. The summed E-state index contributed by atoms with van der Waals surface area (Å²) in [6.45, 7) is 5.54. The molecule has 0 bridgehead atoms. The minimum absolute atomic E-state index is 0.0947. The average Bonchev–Trinajstić information content (AvgIpc) is 2.40. The van der Waals surface area contributed by atoms with Crippen molar-refractivity contribution in [3.05, 3.63) is 46.7 Å². The lowest BCUT2D eigenvalue weighted by molar-refractivity contribution is -0.111. The van der Waals surface area contributed by atoms with Crippen LogP contribution in [0.2, 0.25) is 0 Å². The van der Waals surface area contributed by atoms with E-state index < -0.39 is 0 Å². The Labute approximate surface area is 112 Å². The molecule has 0 radical (unpaired) electrons. The van der Waals surface area contributed by atoms with Crippen molar-refractivity contribution >= 4 is 11.5 Å². The zero-order chi connectivity index (χ0) is 14.0. The number of benzene rings is 1. The quantitative estimate of drug-likeness (QED) is 0.819. The maximum Gasteiger partial charge on any atom is 0.177 e. The summed E-state index contributed by atoms with van der Waals surface area (Å²) < 4.78 is 0. The minimum atomic E-state index is -0.126. The number of hydroxylamine groups is 1. The molecule has 1 aromatic carbocycles. The topological polar surface area (TPSA) is 61.7 Å². The number of ketones is 1. The Morgan fingerprint density at radius 1 is 1.42 bits per heavy atom. The van der Waals surface area contributed by atoms with Gasteiger partial charge in [-0.2, -0.15) is 0 Å². The number of carbonyl (C=O) groups is 1. The van der Waals surface area contributed by atoms with Crippen molar-refractivity contribution in [3.8, 4) is 0 Å². The van der Waals surface area contributed by atoms with Crippen LogP contribution < -0.4 is 5.48 Å². The molecule has 0 amide bonds. The summed E-state index contributed by atoms with van der Waals surface area (Å²) >= 11 is 0. The van der Waals surface area contributed by atoms with E-state index in [0.29, 0.717) is 17.8 Å². The number of hydrogen-bond donors (Lipinski definition) is 2. The minimum Gasteiger partial charge on any atom is -0.293 e. The second-order valence-corrected chi connectivity index (χ2v) is 4.93. The summed E-state index contributed by atoms with van der Waals surface area (Å²) in [7, 11) is 0. The third kappa shape index (κ3) is 2.90. The van der Waals surface area contributed by atoms with Gasteiger partial charge < -0.3 is 0 Å². The van der Waals surface area contributed by atoms with E-state index in [1.165, 1.54) is 6.92 Å². The molecule has 4 nitrogen and oxygen atoms in total. The lowest BCUT2D eigenvalue weighted by Gasteiger charge is -2.22. The van der Waals surface area contributed by atoms with E-state index in [-0.39, 0.29) is 11.8 Å². The van der Waals surface area contributed by atoms with Gasteiger partial charge in [0.05, 0.1) is 6.04 Å². The molecule has 1 atom stereocenters. The molecule has 19 heavy (non-hydrogen) atoms. The van der Waals surface area contributed by atoms with Crippen LogP contribution in [0.5, 0.6) is 0 Å². The van der Waals surface area contributed by atoms with Gasteiger partial charge in [0.25, 0.3) is 0 Å². The highest BCUT2D eigenvalue weighted by atomic mass is 16.5. The Morgan fingerprint density at radius 3 is 2.79 bits per heavy atom. The molecule has 2 rings (SSSR count). The lowest BCUT2D eigenvalue weighted by atomic mass is 9.93. The van der Waals surface area contributed by atoms with Gasteiger partial charge in [-0.3, -0.25) is 20.5 Å². The first-order valence-electron chi connectivity index (χ1n) is 6.28.